The molecule has 0 bridgehead atoms. The highest BCUT2D eigenvalue weighted by molar-refractivity contribution is 8.00. The average Bonchev–Trinajstić information content (AvgIpc) is 2.94. The number of halogens is 1. The molecule has 1 atom stereocenters. The second kappa shape index (κ2) is 11.9. The predicted molar refractivity (Wildman–Crippen MR) is 146 cm³/mol. The number of nitrogens with zero attached hydrogens (tertiary/aromatic N) is 3. The number of thioether (sulfide) groups is 1. The molecule has 2 N–H and O–H groups in total. The van der Waals surface area contributed by atoms with Crippen molar-refractivity contribution in [3.05, 3.63) is 77.3 Å². The predicted octanol–water partition coefficient (Wildman–Crippen LogP) is 5.69. The summed E-state index contributed by atoms with van der Waals surface area (Å²) in [6.45, 7) is 1.70. The summed E-state index contributed by atoms with van der Waals surface area (Å²) in [6, 6.07) is 19.1. The van der Waals surface area contributed by atoms with E-state index in [2.05, 4.69) is 15.5 Å². The van der Waals surface area contributed by atoms with Gasteiger partial charge in [-0.25, -0.2) is 9.78 Å². The van der Waals surface area contributed by atoms with E-state index < -0.39 is 11.2 Å². The first-order valence-corrected chi connectivity index (χ1v) is 12.6. The molecule has 9 nitrogen and oxygen atoms in total. The van der Waals surface area contributed by atoms with Crippen LogP contribution in [0.25, 0.3) is 22.5 Å². The Kier molecular flexibility index (Phi) is 8.45. The number of carbonyl (C=O) groups is 2. The zero-order valence-corrected chi connectivity index (χ0v) is 22.2. The second-order valence-corrected chi connectivity index (χ2v) is 9.71. The first-order valence-electron chi connectivity index (χ1n) is 11.3. The van der Waals surface area contributed by atoms with E-state index in [0.717, 1.165) is 22.9 Å². The SMILES string of the molecule is COc1ccc(-c2nnc(SC(C)C(=O)Nc3ccc(Cl)c(C(=O)O)c3)nc2-c2ccc(OC)cc2)cc1. The molecule has 4 rings (SSSR count). The summed E-state index contributed by atoms with van der Waals surface area (Å²) in [5.41, 5.74) is 2.98. The van der Waals surface area contributed by atoms with Gasteiger partial charge in [-0.15, -0.1) is 10.2 Å². The van der Waals surface area contributed by atoms with Gasteiger partial charge in [-0.3, -0.25) is 4.79 Å². The van der Waals surface area contributed by atoms with Crippen LogP contribution in [0.5, 0.6) is 11.5 Å². The van der Waals surface area contributed by atoms with Gasteiger partial charge in [0.1, 0.15) is 22.9 Å². The molecule has 0 saturated heterocycles. The molecule has 1 heterocycles. The molecular weight excluding hydrogens is 528 g/mol. The third-order valence-electron chi connectivity index (χ3n) is 5.51. The Labute approximate surface area is 228 Å². The number of benzene rings is 3. The van der Waals surface area contributed by atoms with Crippen LogP contribution in [0.4, 0.5) is 5.69 Å². The third kappa shape index (κ3) is 6.21. The van der Waals surface area contributed by atoms with Crippen LogP contribution in [-0.4, -0.2) is 51.6 Å². The van der Waals surface area contributed by atoms with Crippen molar-refractivity contribution in [1.82, 2.24) is 15.2 Å². The number of carbonyl (C=O) groups excluding carboxylic acids is 1. The summed E-state index contributed by atoms with van der Waals surface area (Å²) in [5.74, 6) is -0.128. The molecular formula is C27H23ClN4O5S. The van der Waals surface area contributed by atoms with E-state index in [-0.39, 0.29) is 16.5 Å². The van der Waals surface area contributed by atoms with Crippen LogP contribution in [0, 0.1) is 0 Å². The Morgan fingerprint density at radius 2 is 1.47 bits per heavy atom. The minimum Gasteiger partial charge on any atom is -0.497 e. The van der Waals surface area contributed by atoms with Crippen LogP contribution < -0.4 is 14.8 Å². The number of rotatable bonds is 9. The highest BCUT2D eigenvalue weighted by atomic mass is 35.5. The standard InChI is InChI=1S/C27H23ClN4O5S/c1-15(25(33)29-18-8-13-22(28)21(14-18)26(34)35)38-27-30-23(16-4-9-19(36-2)10-5-16)24(31-32-27)17-6-11-20(37-3)12-7-17/h4-15H,1-3H3,(H,29,33)(H,34,35). The fourth-order valence-corrected chi connectivity index (χ4v) is 4.39. The molecule has 1 unspecified atom stereocenters. The number of aromatic carboxylic acids is 1. The number of carboxylic acids is 1. The highest BCUT2D eigenvalue weighted by Gasteiger charge is 2.20. The van der Waals surface area contributed by atoms with E-state index in [0.29, 0.717) is 33.7 Å². The molecule has 194 valence electrons. The van der Waals surface area contributed by atoms with Gasteiger partial charge in [0.2, 0.25) is 11.1 Å². The molecule has 0 fully saturated rings. The van der Waals surface area contributed by atoms with Crippen molar-refractivity contribution < 1.29 is 24.2 Å². The van der Waals surface area contributed by atoms with E-state index in [1.165, 1.54) is 18.2 Å². The molecule has 0 radical (unpaired) electrons. The number of amides is 1. The van der Waals surface area contributed by atoms with Crippen LogP contribution in [0.1, 0.15) is 17.3 Å². The average molecular weight is 551 g/mol. The van der Waals surface area contributed by atoms with Gasteiger partial charge in [-0.05, 0) is 73.7 Å². The van der Waals surface area contributed by atoms with Crippen LogP contribution in [-0.2, 0) is 4.79 Å². The minimum absolute atomic E-state index is 0.0837. The Morgan fingerprint density at radius 3 is 2.03 bits per heavy atom. The van der Waals surface area contributed by atoms with E-state index in [9.17, 15) is 14.7 Å². The van der Waals surface area contributed by atoms with Crippen molar-refractivity contribution >= 4 is 40.9 Å². The van der Waals surface area contributed by atoms with Crippen LogP contribution in [0.3, 0.4) is 0 Å². The molecule has 0 spiro atoms. The van der Waals surface area contributed by atoms with Crippen molar-refractivity contribution in [2.24, 2.45) is 0 Å². The summed E-state index contributed by atoms with van der Waals surface area (Å²) in [6.07, 6.45) is 0. The number of aromatic nitrogens is 3. The number of hydrogen-bond donors (Lipinski definition) is 2. The molecule has 1 amide bonds. The Morgan fingerprint density at radius 1 is 0.895 bits per heavy atom. The number of anilines is 1. The van der Waals surface area contributed by atoms with E-state index in [4.69, 9.17) is 26.1 Å². The van der Waals surface area contributed by atoms with Crippen molar-refractivity contribution in [2.75, 3.05) is 19.5 Å². The zero-order valence-electron chi connectivity index (χ0n) is 20.6. The zero-order chi connectivity index (χ0) is 27.2. The number of carboxylic acid groups (broad SMARTS) is 1. The maximum absolute atomic E-state index is 12.8. The molecule has 38 heavy (non-hydrogen) atoms. The van der Waals surface area contributed by atoms with Gasteiger partial charge >= 0.3 is 5.97 Å². The van der Waals surface area contributed by atoms with E-state index in [1.807, 2.05) is 48.5 Å². The van der Waals surface area contributed by atoms with Gasteiger partial charge in [0.15, 0.2) is 0 Å². The molecule has 0 saturated carbocycles. The van der Waals surface area contributed by atoms with Crippen molar-refractivity contribution in [3.8, 4) is 34.0 Å². The first kappa shape index (κ1) is 26.9. The minimum atomic E-state index is -1.18. The molecule has 3 aromatic carbocycles. The fraction of sp³-hybridized carbons (Fsp3) is 0.148. The Hall–Kier alpha value is -4.15. The second-order valence-electron chi connectivity index (χ2n) is 8.00. The summed E-state index contributed by atoms with van der Waals surface area (Å²) in [4.78, 5) is 28.9. The molecule has 11 heteroatoms. The van der Waals surface area contributed by atoms with Gasteiger partial charge in [0.25, 0.3) is 0 Å². The lowest BCUT2D eigenvalue weighted by Crippen LogP contribution is -2.23. The van der Waals surface area contributed by atoms with Gasteiger partial charge in [0, 0.05) is 16.8 Å². The lowest BCUT2D eigenvalue weighted by Gasteiger charge is -2.14. The van der Waals surface area contributed by atoms with Crippen molar-refractivity contribution in [2.45, 2.75) is 17.3 Å². The molecule has 4 aromatic rings. The molecule has 0 aliphatic heterocycles. The molecule has 0 aliphatic rings. The van der Waals surface area contributed by atoms with Gasteiger partial charge in [0.05, 0.1) is 30.1 Å². The third-order valence-corrected chi connectivity index (χ3v) is 6.79. The number of nitrogens with one attached hydrogen (secondary N) is 1. The summed E-state index contributed by atoms with van der Waals surface area (Å²) >= 11 is 7.04. The summed E-state index contributed by atoms with van der Waals surface area (Å²) < 4.78 is 10.5. The largest absolute Gasteiger partial charge is 0.497 e. The van der Waals surface area contributed by atoms with Crippen LogP contribution in [0.2, 0.25) is 5.02 Å². The van der Waals surface area contributed by atoms with Crippen molar-refractivity contribution in [3.63, 3.8) is 0 Å². The topological polar surface area (TPSA) is 124 Å². The molecule has 0 aliphatic carbocycles. The quantitative estimate of drug-likeness (QED) is 0.253. The van der Waals surface area contributed by atoms with Gasteiger partial charge in [-0.2, -0.15) is 0 Å². The number of ether oxygens (including phenoxy) is 2. The highest BCUT2D eigenvalue weighted by Crippen LogP contribution is 2.33. The number of hydrogen-bond acceptors (Lipinski definition) is 8. The smallest absolute Gasteiger partial charge is 0.337 e. The first-order chi connectivity index (χ1) is 18.3. The van der Waals surface area contributed by atoms with Gasteiger partial charge < -0.3 is 19.9 Å². The monoisotopic (exact) mass is 550 g/mol. The normalized spacial score (nSPS) is 11.5. The summed E-state index contributed by atoms with van der Waals surface area (Å²) in [5, 5.41) is 20.5. The van der Waals surface area contributed by atoms with Crippen LogP contribution >= 0.6 is 23.4 Å². The molecule has 1 aromatic heterocycles. The number of methoxy groups -OCH3 is 2. The van der Waals surface area contributed by atoms with Gasteiger partial charge in [-0.1, -0.05) is 23.4 Å². The van der Waals surface area contributed by atoms with Crippen LogP contribution in [0.15, 0.2) is 71.9 Å². The van der Waals surface area contributed by atoms with Crippen molar-refractivity contribution in [1.29, 1.82) is 0 Å². The lowest BCUT2D eigenvalue weighted by molar-refractivity contribution is -0.115. The maximum atomic E-state index is 12.8. The maximum Gasteiger partial charge on any atom is 0.337 e. The van der Waals surface area contributed by atoms with E-state index in [1.54, 1.807) is 21.1 Å². The van der Waals surface area contributed by atoms with E-state index >= 15 is 0 Å². The Bertz CT molecular complexity index is 1470. The summed E-state index contributed by atoms with van der Waals surface area (Å²) in [7, 11) is 3.19. The fourth-order valence-electron chi connectivity index (χ4n) is 3.48. The lowest BCUT2D eigenvalue weighted by atomic mass is 10.0. The Balaban J connectivity index is 1.61.